The van der Waals surface area contributed by atoms with Crippen LogP contribution in [0.4, 0.5) is 0 Å². The molecule has 1 atom stereocenters. The summed E-state index contributed by atoms with van der Waals surface area (Å²) in [7, 11) is 0. The van der Waals surface area contributed by atoms with E-state index in [2.05, 4.69) is 6.07 Å². The quantitative estimate of drug-likeness (QED) is 0.837. The lowest BCUT2D eigenvalue weighted by atomic mass is 9.83. The van der Waals surface area contributed by atoms with E-state index in [4.69, 9.17) is 11.5 Å². The van der Waals surface area contributed by atoms with Crippen LogP contribution in [-0.4, -0.2) is 11.8 Å². The first-order valence-corrected chi connectivity index (χ1v) is 6.41. The van der Waals surface area contributed by atoms with Crippen molar-refractivity contribution in [2.45, 2.75) is 46.2 Å². The average molecular weight is 248 g/mol. The van der Waals surface area contributed by atoms with E-state index in [0.717, 1.165) is 17.5 Å². The molecule has 3 heteroatoms. The van der Waals surface area contributed by atoms with Crippen molar-refractivity contribution in [2.24, 2.45) is 16.9 Å². The lowest BCUT2D eigenvalue weighted by Gasteiger charge is -2.25. The zero-order chi connectivity index (χ0) is 13.8. The highest BCUT2D eigenvalue weighted by atomic mass is 16.1. The molecular formula is C15H24N2O. The highest BCUT2D eigenvalue weighted by molar-refractivity contribution is 5.84. The first-order chi connectivity index (χ1) is 8.34. The molecule has 1 aromatic rings. The number of carbonyl (C=O) groups excluding carboxylic acids is 1. The van der Waals surface area contributed by atoms with E-state index in [9.17, 15) is 4.79 Å². The van der Waals surface area contributed by atoms with Gasteiger partial charge >= 0.3 is 0 Å². The van der Waals surface area contributed by atoms with E-state index in [1.165, 1.54) is 0 Å². The monoisotopic (exact) mass is 248 g/mol. The minimum absolute atomic E-state index is 0.126. The number of hydrogen-bond donors (Lipinski definition) is 2. The summed E-state index contributed by atoms with van der Waals surface area (Å²) in [5.74, 6) is 0.126. The molecule has 0 aliphatic rings. The highest BCUT2D eigenvalue weighted by Gasteiger charge is 2.26. The fourth-order valence-corrected chi connectivity index (χ4v) is 1.82. The van der Waals surface area contributed by atoms with Gasteiger partial charge in [-0.05, 0) is 23.0 Å². The van der Waals surface area contributed by atoms with Crippen LogP contribution in [0, 0.1) is 5.41 Å². The molecule has 0 aliphatic heterocycles. The summed E-state index contributed by atoms with van der Waals surface area (Å²) >= 11 is 0. The molecule has 1 unspecified atom stereocenters. The minimum atomic E-state index is -0.393. The van der Waals surface area contributed by atoms with Gasteiger partial charge in [-0.15, -0.1) is 0 Å². The Morgan fingerprint density at radius 3 is 2.44 bits per heavy atom. The zero-order valence-electron chi connectivity index (χ0n) is 11.6. The fourth-order valence-electron chi connectivity index (χ4n) is 1.82. The van der Waals surface area contributed by atoms with Crippen LogP contribution < -0.4 is 11.5 Å². The lowest BCUT2D eigenvalue weighted by Crippen LogP contribution is -2.42. The predicted molar refractivity (Wildman–Crippen MR) is 75.1 cm³/mol. The van der Waals surface area contributed by atoms with Gasteiger partial charge in [0.05, 0.1) is 6.04 Å². The van der Waals surface area contributed by atoms with Gasteiger partial charge < -0.3 is 11.5 Å². The van der Waals surface area contributed by atoms with Crippen molar-refractivity contribution < 1.29 is 4.79 Å². The van der Waals surface area contributed by atoms with Crippen LogP contribution in [0.15, 0.2) is 24.3 Å². The molecule has 0 radical (unpaired) electrons. The van der Waals surface area contributed by atoms with E-state index in [1.54, 1.807) is 0 Å². The summed E-state index contributed by atoms with van der Waals surface area (Å²) in [6, 6.07) is 7.65. The molecule has 0 bridgehead atoms. The first kappa shape index (κ1) is 14.9. The van der Waals surface area contributed by atoms with Crippen molar-refractivity contribution in [3.8, 4) is 0 Å². The largest absolute Gasteiger partial charge is 0.326 e. The molecule has 3 nitrogen and oxygen atoms in total. The van der Waals surface area contributed by atoms with Gasteiger partial charge in [-0.3, -0.25) is 4.79 Å². The number of Topliss-reactive ketones (excluding diaryl/α,β-unsaturated/α-hetero) is 1. The van der Waals surface area contributed by atoms with Crippen LogP contribution in [0.2, 0.25) is 0 Å². The Labute approximate surface area is 110 Å². The van der Waals surface area contributed by atoms with Gasteiger partial charge in [0.25, 0.3) is 0 Å². The number of rotatable bonds is 5. The molecule has 0 fully saturated rings. The molecule has 1 rings (SSSR count). The van der Waals surface area contributed by atoms with Crippen molar-refractivity contribution in [3.05, 3.63) is 35.4 Å². The lowest BCUT2D eigenvalue weighted by molar-refractivity contribution is -0.122. The van der Waals surface area contributed by atoms with E-state index in [0.29, 0.717) is 13.0 Å². The summed E-state index contributed by atoms with van der Waals surface area (Å²) in [5.41, 5.74) is 13.6. The third-order valence-electron chi connectivity index (χ3n) is 3.17. The van der Waals surface area contributed by atoms with Gasteiger partial charge in [-0.1, -0.05) is 45.0 Å². The molecule has 0 saturated carbocycles. The number of nitrogens with two attached hydrogens (primary N) is 2. The summed E-state index contributed by atoms with van der Waals surface area (Å²) in [5, 5.41) is 0. The molecule has 0 spiro atoms. The second-order valence-corrected chi connectivity index (χ2v) is 5.83. The van der Waals surface area contributed by atoms with Crippen LogP contribution in [0.3, 0.4) is 0 Å². The topological polar surface area (TPSA) is 69.1 Å². The van der Waals surface area contributed by atoms with Crippen molar-refractivity contribution >= 4 is 5.78 Å². The molecule has 0 aliphatic carbocycles. The maximum atomic E-state index is 12.0. The van der Waals surface area contributed by atoms with Crippen LogP contribution in [0.1, 0.15) is 38.3 Å². The van der Waals surface area contributed by atoms with E-state index >= 15 is 0 Å². The Kier molecular flexibility index (Phi) is 5.05. The Hall–Kier alpha value is -1.19. The number of hydrogen-bond acceptors (Lipinski definition) is 3. The van der Waals surface area contributed by atoms with Gasteiger partial charge in [-0.25, -0.2) is 0 Å². The van der Waals surface area contributed by atoms with Crippen molar-refractivity contribution in [1.82, 2.24) is 0 Å². The average Bonchev–Trinajstić information content (AvgIpc) is 2.34. The minimum Gasteiger partial charge on any atom is -0.326 e. The summed E-state index contributed by atoms with van der Waals surface area (Å²) in [4.78, 5) is 12.0. The SMILES string of the molecule is CC(C)(C)C(N)C(=O)CCc1cccc(CN)c1. The third-order valence-corrected chi connectivity index (χ3v) is 3.17. The smallest absolute Gasteiger partial charge is 0.150 e. The van der Waals surface area contributed by atoms with Gasteiger partial charge in [0.15, 0.2) is 0 Å². The van der Waals surface area contributed by atoms with Gasteiger partial charge in [0.2, 0.25) is 0 Å². The van der Waals surface area contributed by atoms with Crippen molar-refractivity contribution in [1.29, 1.82) is 0 Å². The van der Waals surface area contributed by atoms with Gasteiger partial charge in [0.1, 0.15) is 5.78 Å². The Bertz CT molecular complexity index is 407. The molecular weight excluding hydrogens is 224 g/mol. The maximum Gasteiger partial charge on any atom is 0.150 e. The predicted octanol–water partition coefficient (Wildman–Crippen LogP) is 2.02. The number of ketones is 1. The normalized spacial score (nSPS) is 13.4. The number of aryl methyl sites for hydroxylation is 1. The standard InChI is InChI=1S/C15H24N2O/c1-15(2,3)14(17)13(18)8-7-11-5-4-6-12(9-11)10-16/h4-6,9,14H,7-8,10,16-17H2,1-3H3. The van der Waals surface area contributed by atoms with Gasteiger partial charge in [-0.2, -0.15) is 0 Å². The van der Waals surface area contributed by atoms with Crippen LogP contribution in [0.25, 0.3) is 0 Å². The van der Waals surface area contributed by atoms with Gasteiger partial charge in [0, 0.05) is 13.0 Å². The molecule has 0 saturated heterocycles. The summed E-state index contributed by atoms with van der Waals surface area (Å²) < 4.78 is 0. The first-order valence-electron chi connectivity index (χ1n) is 6.41. The Morgan fingerprint density at radius 2 is 1.89 bits per heavy atom. The van der Waals surface area contributed by atoms with E-state index in [1.807, 2.05) is 39.0 Å². The molecule has 0 aromatic heterocycles. The van der Waals surface area contributed by atoms with Crippen LogP contribution in [-0.2, 0) is 17.8 Å². The number of benzene rings is 1. The third kappa shape index (κ3) is 4.24. The van der Waals surface area contributed by atoms with Crippen LogP contribution in [0.5, 0.6) is 0 Å². The molecule has 100 valence electrons. The number of carbonyl (C=O) groups is 1. The Morgan fingerprint density at radius 1 is 1.28 bits per heavy atom. The maximum absolute atomic E-state index is 12.0. The Balaban J connectivity index is 2.57. The second-order valence-electron chi connectivity index (χ2n) is 5.83. The highest BCUT2D eigenvalue weighted by Crippen LogP contribution is 2.19. The molecule has 0 heterocycles. The molecule has 18 heavy (non-hydrogen) atoms. The van der Waals surface area contributed by atoms with E-state index in [-0.39, 0.29) is 11.2 Å². The van der Waals surface area contributed by atoms with E-state index < -0.39 is 6.04 Å². The molecule has 0 amide bonds. The molecule has 1 aromatic carbocycles. The summed E-state index contributed by atoms with van der Waals surface area (Å²) in [6.07, 6.45) is 1.23. The molecule has 4 N–H and O–H groups in total. The van der Waals surface area contributed by atoms with Crippen LogP contribution >= 0.6 is 0 Å². The summed E-state index contributed by atoms with van der Waals surface area (Å²) in [6.45, 7) is 6.50. The second kappa shape index (κ2) is 6.12. The zero-order valence-corrected chi connectivity index (χ0v) is 11.6. The fraction of sp³-hybridized carbons (Fsp3) is 0.533. The van der Waals surface area contributed by atoms with Crippen molar-refractivity contribution in [3.63, 3.8) is 0 Å². The van der Waals surface area contributed by atoms with Crippen molar-refractivity contribution in [2.75, 3.05) is 0 Å².